The Morgan fingerprint density at radius 3 is 2.74 bits per heavy atom. The number of carbonyl (C=O) groups is 1. The molecule has 3 rings (SSSR count). The van der Waals surface area contributed by atoms with Crippen molar-refractivity contribution >= 4 is 33.3 Å². The molecule has 3 aromatic rings. The summed E-state index contributed by atoms with van der Waals surface area (Å²) in [4.78, 5) is 11.9. The van der Waals surface area contributed by atoms with Gasteiger partial charge in [-0.1, -0.05) is 41.7 Å². The number of nitrogens with one attached hydrogen (secondary N) is 1. The molecule has 0 saturated heterocycles. The fourth-order valence-electron chi connectivity index (χ4n) is 2.21. The minimum Gasteiger partial charge on any atom is -0.429 e. The lowest BCUT2D eigenvalue weighted by Gasteiger charge is -2.05. The summed E-state index contributed by atoms with van der Waals surface area (Å²) in [6, 6.07) is 15.2. The highest BCUT2D eigenvalue weighted by atomic mass is 32.1. The number of aryl methyl sites for hydroxylation is 1. The molecule has 0 saturated carbocycles. The van der Waals surface area contributed by atoms with Crippen LogP contribution in [-0.4, -0.2) is 6.16 Å². The van der Waals surface area contributed by atoms with Gasteiger partial charge in [-0.05, 0) is 30.7 Å². The van der Waals surface area contributed by atoms with Crippen LogP contribution in [-0.2, 0) is 11.3 Å². The average Bonchev–Trinajstić information content (AvgIpc) is 2.89. The third-order valence-corrected chi connectivity index (χ3v) is 4.59. The number of nitrogen functional groups attached to an aromatic ring is 1. The van der Waals surface area contributed by atoms with Gasteiger partial charge in [0.05, 0.1) is 0 Å². The average molecular weight is 328 g/mol. The third-order valence-electron chi connectivity index (χ3n) is 3.43. The van der Waals surface area contributed by atoms with Crippen LogP contribution in [0.3, 0.4) is 0 Å². The molecule has 1 aromatic heterocycles. The van der Waals surface area contributed by atoms with Crippen LogP contribution in [0, 0.1) is 6.92 Å². The van der Waals surface area contributed by atoms with E-state index in [0.29, 0.717) is 5.06 Å². The Morgan fingerprint density at radius 2 is 2.00 bits per heavy atom. The van der Waals surface area contributed by atoms with Gasteiger partial charge < -0.3 is 14.9 Å². The van der Waals surface area contributed by atoms with Crippen molar-refractivity contribution in [3.63, 3.8) is 0 Å². The van der Waals surface area contributed by atoms with Gasteiger partial charge >= 0.3 is 6.16 Å². The molecular weight excluding hydrogens is 312 g/mol. The summed E-state index contributed by atoms with van der Waals surface area (Å²) in [6.45, 7) is 2.09. The van der Waals surface area contributed by atoms with E-state index in [0.717, 1.165) is 26.9 Å². The van der Waals surface area contributed by atoms with Gasteiger partial charge in [0.15, 0.2) is 5.06 Å². The van der Waals surface area contributed by atoms with Crippen molar-refractivity contribution in [1.29, 1.82) is 0 Å². The van der Waals surface area contributed by atoms with E-state index < -0.39 is 6.16 Å². The lowest BCUT2D eigenvalue weighted by Crippen LogP contribution is -2.10. The van der Waals surface area contributed by atoms with Gasteiger partial charge in [-0.2, -0.15) is 0 Å². The second-order valence-corrected chi connectivity index (χ2v) is 6.01. The normalized spacial score (nSPS) is 10.5. The maximum atomic E-state index is 11.9. The summed E-state index contributed by atoms with van der Waals surface area (Å²) in [6.07, 6.45) is -0.708. The number of ether oxygens (including phenoxy) is 2. The van der Waals surface area contributed by atoms with Crippen LogP contribution in [0.4, 0.5) is 10.5 Å². The number of rotatable bonds is 4. The van der Waals surface area contributed by atoms with E-state index in [1.54, 1.807) is 0 Å². The highest BCUT2D eigenvalue weighted by molar-refractivity contribution is 7.21. The summed E-state index contributed by atoms with van der Waals surface area (Å²) in [5, 5.41) is 1.53. The van der Waals surface area contributed by atoms with Crippen molar-refractivity contribution in [3.8, 4) is 5.06 Å². The summed E-state index contributed by atoms with van der Waals surface area (Å²) in [7, 11) is 0. The quantitative estimate of drug-likeness (QED) is 0.426. The van der Waals surface area contributed by atoms with Crippen molar-refractivity contribution in [2.24, 2.45) is 5.84 Å². The van der Waals surface area contributed by atoms with Gasteiger partial charge in [0.25, 0.3) is 0 Å². The Morgan fingerprint density at radius 1 is 1.22 bits per heavy atom. The molecule has 0 bridgehead atoms. The fourth-order valence-corrected chi connectivity index (χ4v) is 3.24. The molecule has 0 atom stereocenters. The van der Waals surface area contributed by atoms with E-state index in [4.69, 9.17) is 15.3 Å². The van der Waals surface area contributed by atoms with E-state index in [-0.39, 0.29) is 6.61 Å². The predicted octanol–water partition coefficient (Wildman–Crippen LogP) is 4.21. The molecule has 0 aliphatic carbocycles. The van der Waals surface area contributed by atoms with Gasteiger partial charge in [-0.15, -0.1) is 0 Å². The highest BCUT2D eigenvalue weighted by Crippen LogP contribution is 2.38. The maximum Gasteiger partial charge on any atom is 0.514 e. The first-order valence-corrected chi connectivity index (χ1v) is 7.87. The van der Waals surface area contributed by atoms with Gasteiger partial charge in [-0.25, -0.2) is 4.79 Å². The van der Waals surface area contributed by atoms with Crippen LogP contribution in [0.2, 0.25) is 0 Å². The summed E-state index contributed by atoms with van der Waals surface area (Å²) in [5.74, 6) is 5.42. The van der Waals surface area contributed by atoms with Crippen molar-refractivity contribution in [2.45, 2.75) is 13.5 Å². The molecular formula is C17H16N2O3S. The smallest absolute Gasteiger partial charge is 0.429 e. The number of thiophene rings is 1. The highest BCUT2D eigenvalue weighted by Gasteiger charge is 2.14. The zero-order valence-corrected chi connectivity index (χ0v) is 13.4. The molecule has 0 aliphatic rings. The van der Waals surface area contributed by atoms with E-state index in [1.165, 1.54) is 11.3 Å². The minimum atomic E-state index is -0.708. The number of carbonyl (C=O) groups excluding carboxylic acids is 1. The molecule has 0 aliphatic heterocycles. The SMILES string of the molecule is Cc1c(OC(=O)OCc2ccccc2)sc2ccc(NN)cc12. The molecule has 0 fully saturated rings. The van der Waals surface area contributed by atoms with Crippen LogP contribution in [0.1, 0.15) is 11.1 Å². The number of fused-ring (bicyclic) bond motifs is 1. The second-order valence-electron chi connectivity index (χ2n) is 5.00. The van der Waals surface area contributed by atoms with Crippen LogP contribution in [0.15, 0.2) is 48.5 Å². The molecule has 3 N–H and O–H groups in total. The first-order chi connectivity index (χ1) is 11.2. The van der Waals surface area contributed by atoms with Crippen LogP contribution < -0.4 is 16.0 Å². The predicted molar refractivity (Wildman–Crippen MR) is 91.6 cm³/mol. The zero-order chi connectivity index (χ0) is 16.2. The summed E-state index contributed by atoms with van der Waals surface area (Å²) < 4.78 is 11.5. The van der Waals surface area contributed by atoms with E-state index >= 15 is 0 Å². The van der Waals surface area contributed by atoms with Gasteiger partial charge in [0.2, 0.25) is 0 Å². The number of benzene rings is 2. The molecule has 0 amide bonds. The van der Waals surface area contributed by atoms with Crippen LogP contribution in [0.25, 0.3) is 10.1 Å². The molecule has 118 valence electrons. The zero-order valence-electron chi connectivity index (χ0n) is 12.5. The molecule has 0 radical (unpaired) electrons. The summed E-state index contributed by atoms with van der Waals surface area (Å²) in [5.41, 5.74) is 5.21. The standard InChI is InChI=1S/C17H16N2O3S/c1-11-14-9-13(19-18)7-8-15(14)23-16(11)22-17(20)21-10-12-5-3-2-4-6-12/h2-9,19H,10,18H2,1H3. The molecule has 2 aromatic carbocycles. The first kappa shape index (κ1) is 15.3. The molecule has 0 spiro atoms. The minimum absolute atomic E-state index is 0.185. The Labute approximate surface area is 137 Å². The number of hydrogen-bond acceptors (Lipinski definition) is 6. The van der Waals surface area contributed by atoms with Crippen LogP contribution in [0.5, 0.6) is 5.06 Å². The monoisotopic (exact) mass is 328 g/mol. The largest absolute Gasteiger partial charge is 0.514 e. The van der Waals surface area contributed by atoms with Crippen molar-refractivity contribution in [3.05, 3.63) is 59.7 Å². The van der Waals surface area contributed by atoms with Crippen LogP contribution >= 0.6 is 11.3 Å². The van der Waals surface area contributed by atoms with Crippen molar-refractivity contribution in [1.82, 2.24) is 0 Å². The Kier molecular flexibility index (Phi) is 4.45. The second kappa shape index (κ2) is 6.68. The molecule has 1 heterocycles. The van der Waals surface area contributed by atoms with Gasteiger partial charge in [-0.3, -0.25) is 5.84 Å². The fraction of sp³-hybridized carbons (Fsp3) is 0.118. The third kappa shape index (κ3) is 3.44. The van der Waals surface area contributed by atoms with E-state index in [9.17, 15) is 4.79 Å². The van der Waals surface area contributed by atoms with E-state index in [1.807, 2.05) is 55.5 Å². The number of hydrazine groups is 1. The molecule has 5 nitrogen and oxygen atoms in total. The topological polar surface area (TPSA) is 73.6 Å². The molecule has 6 heteroatoms. The molecule has 23 heavy (non-hydrogen) atoms. The van der Waals surface area contributed by atoms with Gasteiger partial charge in [0.1, 0.15) is 6.61 Å². The van der Waals surface area contributed by atoms with Crippen molar-refractivity contribution in [2.75, 3.05) is 5.43 Å². The summed E-state index contributed by atoms with van der Waals surface area (Å²) >= 11 is 1.40. The Bertz CT molecular complexity index is 830. The number of hydrogen-bond donors (Lipinski definition) is 2. The Balaban J connectivity index is 1.71. The number of nitrogens with two attached hydrogens (primary N) is 1. The lowest BCUT2D eigenvalue weighted by molar-refractivity contribution is 0.0938. The molecule has 0 unspecified atom stereocenters. The van der Waals surface area contributed by atoms with Gasteiger partial charge in [0, 0.05) is 21.3 Å². The lowest BCUT2D eigenvalue weighted by atomic mass is 10.2. The maximum absolute atomic E-state index is 11.9. The first-order valence-electron chi connectivity index (χ1n) is 7.05. The van der Waals surface area contributed by atoms with E-state index in [2.05, 4.69) is 5.43 Å². The Hall–Kier alpha value is -2.57. The number of anilines is 1. The van der Waals surface area contributed by atoms with Crippen molar-refractivity contribution < 1.29 is 14.3 Å².